The van der Waals surface area contributed by atoms with Crippen LogP contribution in [0.5, 0.6) is 6.01 Å². The summed E-state index contributed by atoms with van der Waals surface area (Å²) < 4.78 is 34.7. The normalized spacial score (nSPS) is 11.4. The molecule has 1 heterocycles. The maximum Gasteiger partial charge on any atom is 0.297 e. The van der Waals surface area contributed by atoms with E-state index >= 15 is 0 Å². The highest BCUT2D eigenvalue weighted by Gasteiger charge is 2.20. The molecule has 1 amide bonds. The molecule has 0 unspecified atom stereocenters. The van der Waals surface area contributed by atoms with Crippen molar-refractivity contribution >= 4 is 27.0 Å². The van der Waals surface area contributed by atoms with Gasteiger partial charge in [0.15, 0.2) is 0 Å². The summed E-state index contributed by atoms with van der Waals surface area (Å²) in [6.45, 7) is 0.460. The fraction of sp³-hybridized carbons (Fsp3) is 0.0714. The van der Waals surface area contributed by atoms with E-state index in [0.717, 1.165) is 16.7 Å². The number of rotatable bonds is 7. The SMILES string of the molecule is COc1nc2ccc(C(=O)NS(=O)(=O)c3ccccc3)cc2n1Cc1ccc(-c2ccccc2)cc1. The first-order valence-electron chi connectivity index (χ1n) is 11.3. The minimum absolute atomic E-state index is 0.0186. The van der Waals surface area contributed by atoms with Crippen molar-refractivity contribution in [3.8, 4) is 17.1 Å². The van der Waals surface area contributed by atoms with Crippen LogP contribution in [0.3, 0.4) is 0 Å². The lowest BCUT2D eigenvalue weighted by Gasteiger charge is -2.10. The highest BCUT2D eigenvalue weighted by molar-refractivity contribution is 7.90. The number of imidazole rings is 1. The number of carbonyl (C=O) groups is 1. The molecule has 7 nitrogen and oxygen atoms in total. The molecule has 4 aromatic carbocycles. The number of hydrogen-bond acceptors (Lipinski definition) is 5. The van der Waals surface area contributed by atoms with Gasteiger partial charge in [-0.3, -0.25) is 9.36 Å². The Balaban J connectivity index is 1.44. The van der Waals surface area contributed by atoms with Gasteiger partial charge in [0.2, 0.25) is 0 Å². The van der Waals surface area contributed by atoms with Crippen molar-refractivity contribution in [3.63, 3.8) is 0 Å². The molecule has 0 aliphatic carbocycles. The molecule has 36 heavy (non-hydrogen) atoms. The largest absolute Gasteiger partial charge is 0.468 e. The topological polar surface area (TPSA) is 90.3 Å². The van der Waals surface area contributed by atoms with Gasteiger partial charge in [-0.05, 0) is 47.0 Å². The van der Waals surface area contributed by atoms with E-state index in [2.05, 4.69) is 34.0 Å². The standard InChI is InChI=1S/C28H23N3O4S/c1-35-28-29-25-17-16-23(27(32)30-36(33,34)24-10-6-3-7-11-24)18-26(25)31(28)19-20-12-14-22(15-13-20)21-8-4-2-5-9-21/h2-18H,19H2,1H3,(H,30,32). The summed E-state index contributed by atoms with van der Waals surface area (Å²) in [7, 11) is -2.45. The van der Waals surface area contributed by atoms with Gasteiger partial charge in [-0.2, -0.15) is 4.98 Å². The average molecular weight is 498 g/mol. The summed E-state index contributed by atoms with van der Waals surface area (Å²) in [5.74, 6) is -0.723. The number of methoxy groups -OCH3 is 1. The van der Waals surface area contributed by atoms with E-state index in [-0.39, 0.29) is 10.5 Å². The molecule has 1 aromatic heterocycles. The van der Waals surface area contributed by atoms with Crippen molar-refractivity contribution in [2.24, 2.45) is 0 Å². The Morgan fingerprint density at radius 1 is 0.861 bits per heavy atom. The lowest BCUT2D eigenvalue weighted by atomic mass is 10.0. The summed E-state index contributed by atoms with van der Waals surface area (Å²) in [6, 6.07) is 31.3. The predicted molar refractivity (Wildman–Crippen MR) is 138 cm³/mol. The number of fused-ring (bicyclic) bond motifs is 1. The molecular weight excluding hydrogens is 474 g/mol. The Bertz CT molecular complexity index is 1630. The van der Waals surface area contributed by atoms with Crippen LogP contribution in [0.25, 0.3) is 22.2 Å². The molecule has 180 valence electrons. The average Bonchev–Trinajstić information content (AvgIpc) is 3.26. The van der Waals surface area contributed by atoms with Gasteiger partial charge in [0.05, 0.1) is 29.6 Å². The quantitative estimate of drug-likeness (QED) is 0.346. The molecule has 8 heteroatoms. The summed E-state index contributed by atoms with van der Waals surface area (Å²) in [6.07, 6.45) is 0. The zero-order valence-corrected chi connectivity index (χ0v) is 20.3. The number of sulfonamides is 1. The number of hydrogen-bond donors (Lipinski definition) is 1. The Kier molecular flexibility index (Phi) is 6.26. The van der Waals surface area contributed by atoms with Crippen molar-refractivity contribution in [2.45, 2.75) is 11.4 Å². The van der Waals surface area contributed by atoms with Crippen LogP contribution in [0.2, 0.25) is 0 Å². The summed E-state index contributed by atoms with van der Waals surface area (Å²) in [5, 5.41) is 0. The van der Waals surface area contributed by atoms with Crippen LogP contribution >= 0.6 is 0 Å². The lowest BCUT2D eigenvalue weighted by Crippen LogP contribution is -2.30. The molecule has 0 bridgehead atoms. The Morgan fingerprint density at radius 2 is 1.50 bits per heavy atom. The zero-order chi connectivity index (χ0) is 25.1. The van der Waals surface area contributed by atoms with Crippen molar-refractivity contribution in [3.05, 3.63) is 114 Å². The maximum absolute atomic E-state index is 12.8. The molecule has 1 N–H and O–H groups in total. The molecule has 0 atom stereocenters. The van der Waals surface area contributed by atoms with Crippen molar-refractivity contribution < 1.29 is 17.9 Å². The molecule has 0 saturated heterocycles. The Morgan fingerprint density at radius 3 is 2.17 bits per heavy atom. The number of benzene rings is 4. The summed E-state index contributed by atoms with van der Waals surface area (Å²) >= 11 is 0. The monoisotopic (exact) mass is 497 g/mol. The van der Waals surface area contributed by atoms with Crippen molar-refractivity contribution in [1.82, 2.24) is 14.3 Å². The molecule has 5 rings (SSSR count). The van der Waals surface area contributed by atoms with E-state index in [9.17, 15) is 13.2 Å². The summed E-state index contributed by atoms with van der Waals surface area (Å²) in [5.41, 5.74) is 4.76. The van der Waals surface area contributed by atoms with E-state index in [1.807, 2.05) is 34.9 Å². The molecule has 5 aromatic rings. The van der Waals surface area contributed by atoms with Gasteiger partial charge in [-0.15, -0.1) is 0 Å². The van der Waals surface area contributed by atoms with Crippen molar-refractivity contribution in [1.29, 1.82) is 0 Å². The van der Waals surface area contributed by atoms with E-state index in [0.29, 0.717) is 23.6 Å². The number of amides is 1. The van der Waals surface area contributed by atoms with Gasteiger partial charge in [0.25, 0.3) is 21.9 Å². The third-order valence-electron chi connectivity index (χ3n) is 5.84. The highest BCUT2D eigenvalue weighted by atomic mass is 32.2. The second kappa shape index (κ2) is 9.67. The first kappa shape index (κ1) is 23.3. The van der Waals surface area contributed by atoms with E-state index in [1.54, 1.807) is 36.4 Å². The number of nitrogens with zero attached hydrogens (tertiary/aromatic N) is 2. The number of ether oxygens (including phenoxy) is 1. The number of nitrogens with one attached hydrogen (secondary N) is 1. The van der Waals surface area contributed by atoms with E-state index in [4.69, 9.17) is 4.74 Å². The highest BCUT2D eigenvalue weighted by Crippen LogP contribution is 2.26. The molecule has 0 aliphatic heterocycles. The molecule has 0 aliphatic rings. The first-order chi connectivity index (χ1) is 17.4. The van der Waals surface area contributed by atoms with E-state index in [1.165, 1.54) is 19.2 Å². The van der Waals surface area contributed by atoms with Gasteiger partial charge in [-0.1, -0.05) is 72.8 Å². The zero-order valence-electron chi connectivity index (χ0n) is 19.5. The molecule has 0 radical (unpaired) electrons. The minimum atomic E-state index is -3.99. The van der Waals surface area contributed by atoms with Gasteiger partial charge in [0.1, 0.15) is 0 Å². The Hall–Kier alpha value is -4.43. The van der Waals surface area contributed by atoms with Gasteiger partial charge < -0.3 is 4.74 Å². The predicted octanol–water partition coefficient (Wildman–Crippen LogP) is 4.88. The van der Waals surface area contributed by atoms with Gasteiger partial charge in [0, 0.05) is 5.56 Å². The lowest BCUT2D eigenvalue weighted by molar-refractivity contribution is 0.0981. The van der Waals surface area contributed by atoms with Gasteiger partial charge >= 0.3 is 0 Å². The van der Waals surface area contributed by atoms with E-state index < -0.39 is 15.9 Å². The smallest absolute Gasteiger partial charge is 0.297 e. The molecular formula is C28H23N3O4S. The van der Waals surface area contributed by atoms with Crippen LogP contribution in [-0.4, -0.2) is 31.0 Å². The number of carbonyl (C=O) groups excluding carboxylic acids is 1. The molecule has 0 spiro atoms. The van der Waals surface area contributed by atoms with Crippen LogP contribution in [-0.2, 0) is 16.6 Å². The second-order valence-corrected chi connectivity index (χ2v) is 9.88. The van der Waals surface area contributed by atoms with Crippen LogP contribution in [0.4, 0.5) is 0 Å². The van der Waals surface area contributed by atoms with Crippen molar-refractivity contribution in [2.75, 3.05) is 7.11 Å². The third-order valence-corrected chi connectivity index (χ3v) is 7.19. The van der Waals surface area contributed by atoms with Crippen LogP contribution in [0, 0.1) is 0 Å². The fourth-order valence-electron chi connectivity index (χ4n) is 4.01. The fourth-order valence-corrected chi connectivity index (χ4v) is 5.00. The first-order valence-corrected chi connectivity index (χ1v) is 12.7. The van der Waals surface area contributed by atoms with Crippen LogP contribution in [0.1, 0.15) is 15.9 Å². The summed E-state index contributed by atoms with van der Waals surface area (Å²) in [4.78, 5) is 17.4. The second-order valence-electron chi connectivity index (χ2n) is 8.20. The molecule has 0 saturated carbocycles. The van der Waals surface area contributed by atoms with Crippen LogP contribution in [0.15, 0.2) is 108 Å². The Labute approximate surface area is 209 Å². The van der Waals surface area contributed by atoms with Gasteiger partial charge in [-0.25, -0.2) is 13.1 Å². The minimum Gasteiger partial charge on any atom is -0.468 e. The van der Waals surface area contributed by atoms with Crippen LogP contribution < -0.4 is 9.46 Å². The third kappa shape index (κ3) is 4.71. The number of aromatic nitrogens is 2. The maximum atomic E-state index is 12.8. The molecule has 0 fully saturated rings.